The fourth-order valence-electron chi connectivity index (χ4n) is 1.53. The zero-order chi connectivity index (χ0) is 8.86. The predicted octanol–water partition coefficient (Wildman–Crippen LogP) is 1.65. The number of hydrogen-bond acceptors (Lipinski definition) is 1. The molecule has 0 aromatic heterocycles. The van der Waals surface area contributed by atoms with Gasteiger partial charge in [0, 0.05) is 20.8 Å². The second kappa shape index (κ2) is 2.01. The van der Waals surface area contributed by atoms with E-state index in [0.717, 1.165) is 4.48 Å². The van der Waals surface area contributed by atoms with E-state index in [2.05, 4.69) is 47.1 Å². The van der Waals surface area contributed by atoms with Gasteiger partial charge in [0.1, 0.15) is 5.70 Å². The Morgan fingerprint density at radius 3 is 1.73 bits per heavy atom. The smallest absolute Gasteiger partial charge is 0.170 e. The fraction of sp³-hybridized carbons (Fsp3) is 0.778. The van der Waals surface area contributed by atoms with Gasteiger partial charge >= 0.3 is 0 Å². The highest BCUT2D eigenvalue weighted by Gasteiger charge is 2.44. The van der Waals surface area contributed by atoms with Gasteiger partial charge in [-0.1, -0.05) is 0 Å². The van der Waals surface area contributed by atoms with E-state index in [-0.39, 0.29) is 5.66 Å². The molecule has 64 valence electrons. The van der Waals surface area contributed by atoms with Crippen LogP contribution < -0.4 is 5.32 Å². The van der Waals surface area contributed by atoms with Crippen molar-refractivity contribution in [2.45, 2.75) is 33.4 Å². The molecule has 0 radical (unpaired) electrons. The van der Waals surface area contributed by atoms with Gasteiger partial charge in [-0.2, -0.15) is 0 Å². The Bertz CT molecular complexity index is 212. The molecule has 0 fully saturated rings. The third-order valence-electron chi connectivity index (χ3n) is 3.27. The van der Waals surface area contributed by atoms with Crippen molar-refractivity contribution in [1.82, 2.24) is 5.32 Å². The van der Waals surface area contributed by atoms with Crippen molar-refractivity contribution in [3.63, 3.8) is 0 Å². The highest BCUT2D eigenvalue weighted by atomic mass is 15.5. The maximum atomic E-state index is 3.48. The van der Waals surface area contributed by atoms with Crippen molar-refractivity contribution in [2.24, 2.45) is 0 Å². The summed E-state index contributed by atoms with van der Waals surface area (Å²) in [6.07, 6.45) is 0. The van der Waals surface area contributed by atoms with Crippen LogP contribution in [0.1, 0.15) is 27.7 Å². The molecule has 0 aromatic rings. The first-order chi connectivity index (χ1) is 4.79. The highest BCUT2D eigenvalue weighted by molar-refractivity contribution is 5.09. The Morgan fingerprint density at radius 1 is 1.18 bits per heavy atom. The molecule has 2 nitrogen and oxygen atoms in total. The minimum Gasteiger partial charge on any atom is -0.333 e. The van der Waals surface area contributed by atoms with Gasteiger partial charge in [0.05, 0.1) is 19.8 Å². The predicted molar refractivity (Wildman–Crippen MR) is 47.7 cm³/mol. The minimum atomic E-state index is 0.147. The summed E-state index contributed by atoms with van der Waals surface area (Å²) in [6.45, 7) is 8.79. The summed E-state index contributed by atoms with van der Waals surface area (Å²) in [7, 11) is 4.47. The zero-order valence-electron chi connectivity index (χ0n) is 8.45. The quantitative estimate of drug-likeness (QED) is 0.524. The average molecular weight is 155 g/mol. The summed E-state index contributed by atoms with van der Waals surface area (Å²) in [6, 6.07) is 0. The lowest BCUT2D eigenvalue weighted by Crippen LogP contribution is -2.56. The maximum Gasteiger partial charge on any atom is 0.170 e. The van der Waals surface area contributed by atoms with E-state index in [4.69, 9.17) is 0 Å². The first-order valence-electron chi connectivity index (χ1n) is 4.09. The van der Waals surface area contributed by atoms with Gasteiger partial charge in [0.2, 0.25) is 0 Å². The van der Waals surface area contributed by atoms with Gasteiger partial charge in [-0.3, -0.25) is 4.48 Å². The first kappa shape index (κ1) is 8.60. The van der Waals surface area contributed by atoms with Crippen LogP contribution in [0.4, 0.5) is 0 Å². The molecule has 2 heteroatoms. The molecule has 1 rings (SSSR count). The topological polar surface area (TPSA) is 12.0 Å². The van der Waals surface area contributed by atoms with Crippen LogP contribution >= 0.6 is 0 Å². The van der Waals surface area contributed by atoms with Crippen LogP contribution in [0, 0.1) is 0 Å². The lowest BCUT2D eigenvalue weighted by Gasteiger charge is -2.38. The molecule has 0 aliphatic carbocycles. The number of quaternary nitrogens is 1. The van der Waals surface area contributed by atoms with Crippen LogP contribution in [0.3, 0.4) is 0 Å². The molecule has 0 spiro atoms. The Labute approximate surface area is 69.5 Å². The van der Waals surface area contributed by atoms with Gasteiger partial charge in [-0.25, -0.2) is 0 Å². The molecule has 1 aliphatic heterocycles. The summed E-state index contributed by atoms with van der Waals surface area (Å²) in [5.74, 6) is 0. The standard InChI is InChI=1S/C9H19N2/c1-7-8(2)11(5,6)9(3,4)10-7/h10H,1-6H3/q+1. The van der Waals surface area contributed by atoms with Crippen molar-refractivity contribution in [2.75, 3.05) is 14.1 Å². The van der Waals surface area contributed by atoms with Gasteiger partial charge in [0.15, 0.2) is 5.66 Å². The summed E-state index contributed by atoms with van der Waals surface area (Å²) in [5.41, 5.74) is 2.89. The van der Waals surface area contributed by atoms with Crippen molar-refractivity contribution >= 4 is 0 Å². The number of nitrogens with zero attached hydrogens (tertiary/aromatic N) is 1. The Morgan fingerprint density at radius 2 is 1.64 bits per heavy atom. The van der Waals surface area contributed by atoms with Crippen LogP contribution in [0.2, 0.25) is 0 Å². The number of rotatable bonds is 0. The molecule has 1 N–H and O–H groups in total. The number of nitrogens with one attached hydrogen (secondary N) is 1. The highest BCUT2D eigenvalue weighted by Crippen LogP contribution is 2.32. The molecule has 0 aromatic carbocycles. The summed E-state index contributed by atoms with van der Waals surface area (Å²) >= 11 is 0. The first-order valence-corrected chi connectivity index (χ1v) is 4.09. The van der Waals surface area contributed by atoms with E-state index < -0.39 is 0 Å². The molecule has 0 unspecified atom stereocenters. The van der Waals surface area contributed by atoms with E-state index in [0.29, 0.717) is 0 Å². The summed E-state index contributed by atoms with van der Waals surface area (Å²) in [4.78, 5) is 0. The third kappa shape index (κ3) is 0.968. The molecule has 11 heavy (non-hydrogen) atoms. The van der Waals surface area contributed by atoms with Crippen molar-refractivity contribution in [3.05, 3.63) is 11.4 Å². The van der Waals surface area contributed by atoms with Gasteiger partial charge in [-0.15, -0.1) is 0 Å². The molecule has 1 aliphatic rings. The van der Waals surface area contributed by atoms with Gasteiger partial charge in [-0.05, 0) is 6.92 Å². The summed E-state index contributed by atoms with van der Waals surface area (Å²) < 4.78 is 0.943. The fourth-order valence-corrected chi connectivity index (χ4v) is 1.53. The van der Waals surface area contributed by atoms with Gasteiger partial charge < -0.3 is 5.32 Å². The van der Waals surface area contributed by atoms with Crippen LogP contribution in [-0.4, -0.2) is 24.2 Å². The third-order valence-corrected chi connectivity index (χ3v) is 3.27. The lowest BCUT2D eigenvalue weighted by atomic mass is 10.2. The lowest BCUT2D eigenvalue weighted by molar-refractivity contribution is -0.898. The SMILES string of the molecule is CC1=C(C)[N+](C)(C)C(C)(C)N1. The largest absolute Gasteiger partial charge is 0.333 e. The molecule has 0 bridgehead atoms. The van der Waals surface area contributed by atoms with E-state index in [1.807, 2.05) is 0 Å². The van der Waals surface area contributed by atoms with E-state index in [9.17, 15) is 0 Å². The molecule has 1 heterocycles. The van der Waals surface area contributed by atoms with E-state index >= 15 is 0 Å². The Balaban J connectivity index is 3.08. The molecular formula is C9H19N2+. The monoisotopic (exact) mass is 155 g/mol. The Kier molecular flexibility index (Phi) is 1.57. The van der Waals surface area contributed by atoms with Crippen LogP contribution in [0.25, 0.3) is 0 Å². The van der Waals surface area contributed by atoms with Crippen LogP contribution in [0.5, 0.6) is 0 Å². The molecule has 0 saturated heterocycles. The van der Waals surface area contributed by atoms with Crippen LogP contribution in [0.15, 0.2) is 11.4 Å². The van der Waals surface area contributed by atoms with E-state index in [1.54, 1.807) is 0 Å². The van der Waals surface area contributed by atoms with E-state index in [1.165, 1.54) is 11.4 Å². The Hall–Kier alpha value is -0.500. The van der Waals surface area contributed by atoms with Crippen LogP contribution in [-0.2, 0) is 0 Å². The maximum absolute atomic E-state index is 3.48. The zero-order valence-corrected chi connectivity index (χ0v) is 8.45. The molecular weight excluding hydrogens is 136 g/mol. The average Bonchev–Trinajstić information content (AvgIpc) is 1.93. The molecule has 0 amide bonds. The molecule has 0 saturated carbocycles. The van der Waals surface area contributed by atoms with Crippen molar-refractivity contribution < 1.29 is 4.48 Å². The second-order valence-corrected chi connectivity index (χ2v) is 4.35. The number of hydrogen-bond donors (Lipinski definition) is 1. The second-order valence-electron chi connectivity index (χ2n) is 4.35. The molecule has 0 atom stereocenters. The van der Waals surface area contributed by atoms with Crippen molar-refractivity contribution in [1.29, 1.82) is 0 Å². The van der Waals surface area contributed by atoms with Gasteiger partial charge in [0.25, 0.3) is 0 Å². The summed E-state index contributed by atoms with van der Waals surface area (Å²) in [5, 5.41) is 3.48. The minimum absolute atomic E-state index is 0.147. The van der Waals surface area contributed by atoms with Crippen molar-refractivity contribution in [3.8, 4) is 0 Å². The normalized spacial score (nSPS) is 27.1. The number of allylic oxidation sites excluding steroid dienone is 2.